The van der Waals surface area contributed by atoms with Gasteiger partial charge in [-0.3, -0.25) is 0 Å². The lowest BCUT2D eigenvalue weighted by atomic mass is 10.3. The summed E-state index contributed by atoms with van der Waals surface area (Å²) in [4.78, 5) is 0. The van der Waals surface area contributed by atoms with E-state index in [0.717, 1.165) is 0 Å². The van der Waals surface area contributed by atoms with Gasteiger partial charge in [-0.1, -0.05) is 26.2 Å². The molecule has 0 amide bonds. The Morgan fingerprint density at radius 3 is 2.67 bits per heavy atom. The maximum Gasteiger partial charge on any atom is 0.118 e. The van der Waals surface area contributed by atoms with Gasteiger partial charge in [0.15, 0.2) is 0 Å². The third-order valence-corrected chi connectivity index (χ3v) is 1.40. The highest BCUT2D eigenvalue weighted by molar-refractivity contribution is 5.14. The van der Waals surface area contributed by atoms with Crippen LogP contribution in [0.2, 0.25) is 0 Å². The molecule has 0 saturated carbocycles. The van der Waals surface area contributed by atoms with Gasteiger partial charge in [-0.05, 0) is 18.6 Å². The number of aliphatic hydroxyl groups excluding tert-OH is 1. The van der Waals surface area contributed by atoms with E-state index in [1.807, 2.05) is 6.92 Å². The minimum Gasteiger partial charge on any atom is -0.491 e. The van der Waals surface area contributed by atoms with Gasteiger partial charge in [-0.15, -0.1) is 0 Å². The lowest BCUT2D eigenvalue weighted by Crippen LogP contribution is -2.12. The second-order valence-electron chi connectivity index (χ2n) is 2.38. The Hall–Kier alpha value is -1.02. The van der Waals surface area contributed by atoms with Gasteiger partial charge >= 0.3 is 0 Å². The van der Waals surface area contributed by atoms with Crippen LogP contribution >= 0.6 is 0 Å². The minimum atomic E-state index is -0.404. The summed E-state index contributed by atoms with van der Waals surface area (Å²) in [6, 6.07) is 0. The lowest BCUT2D eigenvalue weighted by Gasteiger charge is -2.09. The van der Waals surface area contributed by atoms with Gasteiger partial charge in [-0.25, -0.2) is 0 Å². The molecule has 0 aliphatic rings. The van der Waals surface area contributed by atoms with Crippen LogP contribution in [0.1, 0.15) is 13.3 Å². The van der Waals surface area contributed by atoms with Crippen molar-refractivity contribution in [3.63, 3.8) is 0 Å². The maximum absolute atomic E-state index is 9.16. The van der Waals surface area contributed by atoms with Gasteiger partial charge in [0, 0.05) is 0 Å². The highest BCUT2D eigenvalue weighted by Gasteiger charge is 2.00. The molecule has 68 valence electrons. The van der Waals surface area contributed by atoms with Crippen molar-refractivity contribution in [2.75, 3.05) is 6.61 Å². The molecule has 0 saturated heterocycles. The molecule has 0 aromatic rings. The van der Waals surface area contributed by atoms with Crippen LogP contribution in [0, 0.1) is 0 Å². The number of ether oxygens (including phenoxy) is 1. The molecule has 0 aromatic heterocycles. The van der Waals surface area contributed by atoms with Crippen molar-refractivity contribution < 1.29 is 9.84 Å². The van der Waals surface area contributed by atoms with Gasteiger partial charge in [0.25, 0.3) is 0 Å². The monoisotopic (exact) mass is 168 g/mol. The first-order valence-corrected chi connectivity index (χ1v) is 4.00. The Kier molecular flexibility index (Phi) is 6.11. The van der Waals surface area contributed by atoms with E-state index in [9.17, 15) is 0 Å². The van der Waals surface area contributed by atoms with E-state index in [-0.39, 0.29) is 0 Å². The van der Waals surface area contributed by atoms with Crippen LogP contribution in [-0.4, -0.2) is 17.8 Å². The Labute approximate surface area is 73.9 Å². The highest BCUT2D eigenvalue weighted by Crippen LogP contribution is 2.01. The average molecular weight is 168 g/mol. The first-order valence-electron chi connectivity index (χ1n) is 4.00. The number of aliphatic hydroxyl groups is 1. The molecule has 0 spiro atoms. The number of allylic oxidation sites excluding steroid dienone is 3. The molecule has 0 bridgehead atoms. The van der Waals surface area contributed by atoms with Crippen LogP contribution in [0.15, 0.2) is 37.1 Å². The molecule has 0 heterocycles. The van der Waals surface area contributed by atoms with Crippen LogP contribution in [0.3, 0.4) is 0 Å². The second-order valence-corrected chi connectivity index (χ2v) is 2.38. The fourth-order valence-corrected chi connectivity index (χ4v) is 0.602. The largest absolute Gasteiger partial charge is 0.491 e. The van der Waals surface area contributed by atoms with E-state index in [1.54, 1.807) is 18.2 Å². The third kappa shape index (κ3) is 4.74. The zero-order valence-electron chi connectivity index (χ0n) is 7.49. The van der Waals surface area contributed by atoms with E-state index in [4.69, 9.17) is 9.84 Å². The first-order chi connectivity index (χ1) is 5.74. The molecule has 1 atom stereocenters. The van der Waals surface area contributed by atoms with Crippen molar-refractivity contribution >= 4 is 0 Å². The van der Waals surface area contributed by atoms with Crippen molar-refractivity contribution in [1.29, 1.82) is 0 Å². The molecule has 2 heteroatoms. The van der Waals surface area contributed by atoms with E-state index in [0.29, 0.717) is 18.8 Å². The van der Waals surface area contributed by atoms with E-state index in [1.165, 1.54) is 0 Å². The topological polar surface area (TPSA) is 29.5 Å². The second kappa shape index (κ2) is 6.68. The van der Waals surface area contributed by atoms with Gasteiger partial charge in [0.2, 0.25) is 0 Å². The molecule has 1 N–H and O–H groups in total. The van der Waals surface area contributed by atoms with Gasteiger partial charge in [0.05, 0.1) is 6.10 Å². The van der Waals surface area contributed by atoms with Crippen LogP contribution in [0.5, 0.6) is 0 Å². The zero-order valence-corrected chi connectivity index (χ0v) is 7.49. The summed E-state index contributed by atoms with van der Waals surface area (Å²) in [5, 5.41) is 9.16. The fraction of sp³-hybridized carbons (Fsp3) is 0.400. The van der Waals surface area contributed by atoms with Crippen molar-refractivity contribution in [1.82, 2.24) is 0 Å². The first kappa shape index (κ1) is 11.0. The Balaban J connectivity index is 3.80. The molecule has 0 aromatic carbocycles. The molecule has 0 fully saturated rings. The minimum absolute atomic E-state index is 0.308. The molecule has 0 aliphatic heterocycles. The van der Waals surface area contributed by atoms with E-state index in [2.05, 4.69) is 13.2 Å². The van der Waals surface area contributed by atoms with Crippen molar-refractivity contribution in [2.24, 2.45) is 0 Å². The average Bonchev–Trinajstić information content (AvgIpc) is 2.11. The molecule has 0 aliphatic carbocycles. The van der Waals surface area contributed by atoms with Crippen molar-refractivity contribution in [2.45, 2.75) is 19.4 Å². The normalized spacial score (nSPS) is 13.7. The summed E-state index contributed by atoms with van der Waals surface area (Å²) in [6.45, 7) is 9.30. The zero-order chi connectivity index (χ0) is 9.40. The quantitative estimate of drug-likeness (QED) is 0.485. The van der Waals surface area contributed by atoms with Gasteiger partial charge in [0.1, 0.15) is 12.4 Å². The summed E-state index contributed by atoms with van der Waals surface area (Å²) in [5.74, 6) is 0.637. The van der Waals surface area contributed by atoms with Crippen molar-refractivity contribution in [3.8, 4) is 0 Å². The smallest absolute Gasteiger partial charge is 0.118 e. The van der Waals surface area contributed by atoms with Gasteiger partial charge in [-0.2, -0.15) is 0 Å². The summed E-state index contributed by atoms with van der Waals surface area (Å²) < 4.78 is 5.21. The molecule has 12 heavy (non-hydrogen) atoms. The number of hydrogen-bond donors (Lipinski definition) is 1. The fourth-order valence-electron chi connectivity index (χ4n) is 0.602. The maximum atomic E-state index is 9.16. The predicted octanol–water partition coefficient (Wildman–Crippen LogP) is 2.03. The summed E-state index contributed by atoms with van der Waals surface area (Å²) in [5.41, 5.74) is 0. The van der Waals surface area contributed by atoms with Crippen LogP contribution in [0.4, 0.5) is 0 Å². The van der Waals surface area contributed by atoms with Crippen molar-refractivity contribution in [3.05, 3.63) is 37.1 Å². The lowest BCUT2D eigenvalue weighted by molar-refractivity contribution is 0.0733. The number of hydrogen-bond acceptors (Lipinski definition) is 2. The van der Waals surface area contributed by atoms with E-state index >= 15 is 0 Å². The molecule has 0 radical (unpaired) electrons. The predicted molar refractivity (Wildman–Crippen MR) is 50.7 cm³/mol. The Bertz CT molecular complexity index is 171. The summed E-state index contributed by atoms with van der Waals surface area (Å²) >= 11 is 0. The van der Waals surface area contributed by atoms with Crippen LogP contribution in [0.25, 0.3) is 0 Å². The van der Waals surface area contributed by atoms with E-state index < -0.39 is 6.10 Å². The van der Waals surface area contributed by atoms with Crippen LogP contribution < -0.4 is 0 Å². The molecule has 1 unspecified atom stereocenters. The van der Waals surface area contributed by atoms with Crippen LogP contribution in [-0.2, 0) is 4.74 Å². The summed E-state index contributed by atoms with van der Waals surface area (Å²) in [7, 11) is 0. The Morgan fingerprint density at radius 2 is 2.25 bits per heavy atom. The standard InChI is InChI=1S/C10H16O2/c1-4-7-10(6-3)12-8-9(11)5-2/h4,6-7,9,11H,1,3,5,8H2,2H3/b10-7+. The highest BCUT2D eigenvalue weighted by atomic mass is 16.5. The molecular weight excluding hydrogens is 152 g/mol. The molecule has 0 rings (SSSR count). The third-order valence-electron chi connectivity index (χ3n) is 1.40. The molecule has 2 nitrogen and oxygen atoms in total. The molecular formula is C10H16O2. The van der Waals surface area contributed by atoms with Gasteiger partial charge < -0.3 is 9.84 Å². The Morgan fingerprint density at radius 1 is 1.58 bits per heavy atom. The number of rotatable bonds is 6. The summed E-state index contributed by atoms with van der Waals surface area (Å²) in [6.07, 6.45) is 5.20. The SMILES string of the molecule is C=C/C=C(\C=C)OCC(O)CC.